The van der Waals surface area contributed by atoms with Crippen LogP contribution >= 0.6 is 12.2 Å². The number of rotatable bonds is 3. The average molecular weight is 263 g/mol. The molecule has 0 saturated heterocycles. The van der Waals surface area contributed by atoms with Gasteiger partial charge in [-0.3, -0.25) is 4.98 Å². The first kappa shape index (κ1) is 13.3. The minimum atomic E-state index is 0.351. The van der Waals surface area contributed by atoms with Gasteiger partial charge in [0.05, 0.1) is 5.69 Å². The highest BCUT2D eigenvalue weighted by molar-refractivity contribution is 7.80. The second kappa shape index (κ2) is 5.65. The third-order valence-corrected chi connectivity index (χ3v) is 4.01. The van der Waals surface area contributed by atoms with Crippen LogP contribution in [0, 0.1) is 11.8 Å². The van der Waals surface area contributed by atoms with E-state index in [1.54, 1.807) is 6.20 Å². The molecular weight excluding hydrogens is 242 g/mol. The topological polar surface area (TPSA) is 50.9 Å². The molecule has 98 valence electrons. The third kappa shape index (κ3) is 3.19. The monoisotopic (exact) mass is 263 g/mol. The molecule has 0 aliphatic heterocycles. The van der Waals surface area contributed by atoms with E-state index in [1.807, 2.05) is 12.1 Å². The molecule has 18 heavy (non-hydrogen) atoms. The van der Waals surface area contributed by atoms with Gasteiger partial charge in [-0.1, -0.05) is 26.1 Å². The van der Waals surface area contributed by atoms with Crippen molar-refractivity contribution in [3.05, 3.63) is 24.0 Å². The van der Waals surface area contributed by atoms with Crippen molar-refractivity contribution in [1.29, 1.82) is 0 Å². The molecule has 1 aromatic rings. The highest BCUT2D eigenvalue weighted by atomic mass is 32.1. The summed E-state index contributed by atoms with van der Waals surface area (Å²) in [7, 11) is 0. The molecule has 0 spiro atoms. The van der Waals surface area contributed by atoms with Crippen molar-refractivity contribution >= 4 is 22.9 Å². The second-order valence-electron chi connectivity index (χ2n) is 5.44. The van der Waals surface area contributed by atoms with E-state index in [4.69, 9.17) is 18.0 Å². The smallest absolute Gasteiger partial charge is 0.122 e. The van der Waals surface area contributed by atoms with Gasteiger partial charge in [-0.2, -0.15) is 0 Å². The number of nitrogens with zero attached hydrogens (tertiary/aromatic N) is 1. The van der Waals surface area contributed by atoms with Gasteiger partial charge >= 0.3 is 0 Å². The molecule has 0 radical (unpaired) electrons. The molecule has 1 heterocycles. The van der Waals surface area contributed by atoms with Crippen molar-refractivity contribution in [2.24, 2.45) is 17.6 Å². The average Bonchev–Trinajstić information content (AvgIpc) is 2.33. The number of anilines is 1. The Morgan fingerprint density at radius 2 is 2.22 bits per heavy atom. The first-order valence-corrected chi connectivity index (χ1v) is 6.99. The molecule has 1 aliphatic rings. The van der Waals surface area contributed by atoms with Crippen LogP contribution < -0.4 is 11.1 Å². The minimum Gasteiger partial charge on any atom is -0.388 e. The number of aromatic nitrogens is 1. The Hall–Kier alpha value is -1.16. The van der Waals surface area contributed by atoms with E-state index in [2.05, 4.69) is 24.1 Å². The molecule has 3 nitrogen and oxygen atoms in total. The fourth-order valence-electron chi connectivity index (χ4n) is 2.75. The van der Waals surface area contributed by atoms with E-state index in [-0.39, 0.29) is 0 Å². The molecule has 4 heteroatoms. The Morgan fingerprint density at radius 1 is 1.44 bits per heavy atom. The molecule has 0 aromatic carbocycles. The van der Waals surface area contributed by atoms with Crippen LogP contribution in [0.5, 0.6) is 0 Å². The van der Waals surface area contributed by atoms with E-state index < -0.39 is 0 Å². The summed E-state index contributed by atoms with van der Waals surface area (Å²) in [5.74, 6) is 1.55. The zero-order valence-electron chi connectivity index (χ0n) is 11.0. The maximum Gasteiger partial charge on any atom is 0.122 e. The zero-order chi connectivity index (χ0) is 13.1. The first-order chi connectivity index (χ1) is 8.56. The summed E-state index contributed by atoms with van der Waals surface area (Å²) in [6.07, 6.45) is 5.58. The number of pyridine rings is 1. The van der Waals surface area contributed by atoms with Crippen LogP contribution in [0.1, 0.15) is 38.8 Å². The maximum atomic E-state index is 5.60. The van der Waals surface area contributed by atoms with Crippen LogP contribution in [0.15, 0.2) is 18.3 Å². The molecule has 0 bridgehead atoms. The lowest BCUT2D eigenvalue weighted by molar-refractivity contribution is 0.276. The van der Waals surface area contributed by atoms with Crippen molar-refractivity contribution in [1.82, 2.24) is 4.98 Å². The lowest BCUT2D eigenvalue weighted by Gasteiger charge is -2.33. The van der Waals surface area contributed by atoms with E-state index in [0.29, 0.717) is 22.6 Å². The van der Waals surface area contributed by atoms with Crippen LogP contribution in [-0.2, 0) is 0 Å². The minimum absolute atomic E-state index is 0.351. The summed E-state index contributed by atoms with van der Waals surface area (Å²) in [6.45, 7) is 4.66. The van der Waals surface area contributed by atoms with Crippen molar-refractivity contribution in [2.45, 2.75) is 39.2 Å². The van der Waals surface area contributed by atoms with E-state index in [0.717, 1.165) is 11.6 Å². The summed E-state index contributed by atoms with van der Waals surface area (Å²) < 4.78 is 0. The predicted octanol–water partition coefficient (Wildman–Crippen LogP) is 2.95. The fraction of sp³-hybridized carbons (Fsp3) is 0.571. The van der Waals surface area contributed by atoms with E-state index >= 15 is 0 Å². The lowest BCUT2D eigenvalue weighted by atomic mass is 9.80. The molecule has 1 aliphatic carbocycles. The number of hydrogen-bond donors (Lipinski definition) is 2. The normalized spacial score (nSPS) is 27.8. The van der Waals surface area contributed by atoms with Crippen molar-refractivity contribution < 1.29 is 0 Å². The van der Waals surface area contributed by atoms with Crippen LogP contribution in [0.4, 0.5) is 5.69 Å². The van der Waals surface area contributed by atoms with Crippen LogP contribution in [-0.4, -0.2) is 16.0 Å². The largest absolute Gasteiger partial charge is 0.388 e. The molecule has 2 rings (SSSR count). The quantitative estimate of drug-likeness (QED) is 0.823. The first-order valence-electron chi connectivity index (χ1n) is 6.58. The Morgan fingerprint density at radius 3 is 2.89 bits per heavy atom. The Balaban J connectivity index is 2.05. The van der Waals surface area contributed by atoms with Gasteiger partial charge in [0.1, 0.15) is 4.99 Å². The summed E-state index contributed by atoms with van der Waals surface area (Å²) in [4.78, 5) is 4.51. The standard InChI is InChI=1S/C14H21N3S/c1-9-3-4-12(10(2)7-9)17-11-5-6-16-13(8-11)14(15)18/h5-6,8-10,12H,3-4,7H2,1-2H3,(H2,15,18)(H,16,17). The van der Waals surface area contributed by atoms with Gasteiger partial charge in [0.2, 0.25) is 0 Å². The van der Waals surface area contributed by atoms with Crippen LogP contribution in [0.3, 0.4) is 0 Å². The number of hydrogen-bond acceptors (Lipinski definition) is 3. The van der Waals surface area contributed by atoms with Crippen molar-refractivity contribution in [2.75, 3.05) is 5.32 Å². The van der Waals surface area contributed by atoms with Gasteiger partial charge in [0.15, 0.2) is 0 Å². The predicted molar refractivity (Wildman–Crippen MR) is 79.7 cm³/mol. The fourth-order valence-corrected chi connectivity index (χ4v) is 2.86. The van der Waals surface area contributed by atoms with Crippen molar-refractivity contribution in [3.63, 3.8) is 0 Å². The van der Waals surface area contributed by atoms with Crippen molar-refractivity contribution in [3.8, 4) is 0 Å². The Kier molecular flexibility index (Phi) is 4.17. The number of thiocarbonyl (C=S) groups is 1. The molecule has 3 unspecified atom stereocenters. The van der Waals surface area contributed by atoms with Gasteiger partial charge in [-0.15, -0.1) is 0 Å². The summed E-state index contributed by atoms with van der Waals surface area (Å²) >= 11 is 4.95. The zero-order valence-corrected chi connectivity index (χ0v) is 11.8. The Labute approximate surface area is 114 Å². The highest BCUT2D eigenvalue weighted by Gasteiger charge is 2.25. The maximum absolute atomic E-state index is 5.60. The van der Waals surface area contributed by atoms with E-state index in [1.165, 1.54) is 19.3 Å². The van der Waals surface area contributed by atoms with Gasteiger partial charge < -0.3 is 11.1 Å². The van der Waals surface area contributed by atoms with Crippen LogP contribution in [0.25, 0.3) is 0 Å². The van der Waals surface area contributed by atoms with E-state index in [9.17, 15) is 0 Å². The molecular formula is C14H21N3S. The number of nitrogens with one attached hydrogen (secondary N) is 1. The summed E-state index contributed by atoms with van der Waals surface area (Å²) in [5.41, 5.74) is 7.36. The van der Waals surface area contributed by atoms with Gasteiger partial charge in [0.25, 0.3) is 0 Å². The number of nitrogens with two attached hydrogens (primary N) is 1. The second-order valence-corrected chi connectivity index (χ2v) is 5.88. The summed E-state index contributed by atoms with van der Waals surface area (Å²) in [5, 5.41) is 3.59. The van der Waals surface area contributed by atoms with Gasteiger partial charge in [-0.05, 0) is 43.2 Å². The third-order valence-electron chi connectivity index (χ3n) is 3.80. The van der Waals surface area contributed by atoms with Gasteiger partial charge in [-0.25, -0.2) is 0 Å². The molecule has 0 amide bonds. The van der Waals surface area contributed by atoms with Crippen LogP contribution in [0.2, 0.25) is 0 Å². The van der Waals surface area contributed by atoms with Gasteiger partial charge in [0, 0.05) is 17.9 Å². The highest BCUT2D eigenvalue weighted by Crippen LogP contribution is 2.30. The molecule has 1 saturated carbocycles. The molecule has 1 aromatic heterocycles. The molecule has 1 fully saturated rings. The lowest BCUT2D eigenvalue weighted by Crippen LogP contribution is -2.33. The Bertz CT molecular complexity index is 433. The summed E-state index contributed by atoms with van der Waals surface area (Å²) in [6, 6.07) is 4.46. The SMILES string of the molecule is CC1CCC(Nc2ccnc(C(N)=S)c2)C(C)C1. The molecule has 3 atom stereocenters. The molecule has 3 N–H and O–H groups in total.